The van der Waals surface area contributed by atoms with E-state index in [1.807, 2.05) is 0 Å². The molecule has 1 unspecified atom stereocenters. The Morgan fingerprint density at radius 2 is 0.746 bits per heavy atom. The average Bonchev–Trinajstić information content (AvgIpc) is 4.02. The van der Waals surface area contributed by atoms with Crippen LogP contribution in [0.1, 0.15) is 22.3 Å². The first-order valence-corrected chi connectivity index (χ1v) is 24.6. The molecule has 3 heteroatoms. The van der Waals surface area contributed by atoms with Crippen LogP contribution in [0.3, 0.4) is 0 Å². The SMILES string of the molecule is Cn1c2ccccc2c2ccc(N(c3ccccc3)c3cc4c(cc3-c3ccc(-c5ccccc5)cc3)-c3ccccc3C43c4ccccc4-c4ccc(N(c5ccccc5)c5ccccc5)cc43)cc21. The topological polar surface area (TPSA) is 11.4 Å². The van der Waals surface area contributed by atoms with E-state index in [1.165, 1.54) is 77.4 Å². The number of hydrogen-bond acceptors (Lipinski definition) is 2. The Morgan fingerprint density at radius 1 is 0.282 bits per heavy atom. The Hall–Kier alpha value is -9.18. The summed E-state index contributed by atoms with van der Waals surface area (Å²) < 4.78 is 2.34. The first-order valence-electron chi connectivity index (χ1n) is 24.6. The van der Waals surface area contributed by atoms with Crippen LogP contribution in [0.5, 0.6) is 0 Å². The van der Waals surface area contributed by atoms with Crippen molar-refractivity contribution in [3.8, 4) is 44.5 Å². The zero-order valence-electron chi connectivity index (χ0n) is 39.2. The highest BCUT2D eigenvalue weighted by Crippen LogP contribution is 2.65. The van der Waals surface area contributed by atoms with Gasteiger partial charge in [0.1, 0.15) is 0 Å². The Morgan fingerprint density at radius 3 is 1.41 bits per heavy atom. The number of benzene rings is 11. The van der Waals surface area contributed by atoms with Crippen molar-refractivity contribution >= 4 is 55.9 Å². The summed E-state index contributed by atoms with van der Waals surface area (Å²) in [5.41, 5.74) is 23.3. The van der Waals surface area contributed by atoms with E-state index in [1.54, 1.807) is 0 Å². The molecule has 1 aromatic heterocycles. The van der Waals surface area contributed by atoms with Gasteiger partial charge in [0.2, 0.25) is 0 Å². The summed E-state index contributed by atoms with van der Waals surface area (Å²) in [7, 11) is 2.19. The molecule has 1 atom stereocenters. The minimum atomic E-state index is -0.625. The van der Waals surface area contributed by atoms with Crippen LogP contribution in [0.15, 0.2) is 267 Å². The van der Waals surface area contributed by atoms with E-state index in [2.05, 4.69) is 288 Å². The fourth-order valence-corrected chi connectivity index (χ4v) is 12.1. The molecule has 71 heavy (non-hydrogen) atoms. The number of rotatable bonds is 8. The molecule has 2 aliphatic carbocycles. The summed E-state index contributed by atoms with van der Waals surface area (Å²) in [5.74, 6) is 0. The molecule has 1 heterocycles. The summed E-state index contributed by atoms with van der Waals surface area (Å²) in [6.07, 6.45) is 0. The van der Waals surface area contributed by atoms with Gasteiger partial charge in [-0.15, -0.1) is 0 Å². The molecular weight excluding hydrogens is 859 g/mol. The predicted molar refractivity (Wildman–Crippen MR) is 297 cm³/mol. The van der Waals surface area contributed by atoms with E-state index in [4.69, 9.17) is 0 Å². The molecule has 2 aliphatic rings. The lowest BCUT2D eigenvalue weighted by molar-refractivity contribution is 0.793. The lowest BCUT2D eigenvalue weighted by Gasteiger charge is -2.34. The number of anilines is 6. The van der Waals surface area contributed by atoms with Crippen molar-refractivity contribution in [2.45, 2.75) is 5.41 Å². The van der Waals surface area contributed by atoms with Crippen molar-refractivity contribution in [3.63, 3.8) is 0 Å². The standard InChI is InChI=1S/C68H47N3/c1-69-65-33-19-16-30-57(65)58-41-39-53(43-66(58)69)71(51-26-12-5-13-27-51)67-45-64-60(44-59(67)48-36-34-47(35-37-48)46-20-6-2-7-21-46)55-29-15-18-32-62(55)68(64)61-31-17-14-28-54(61)56-40-38-52(42-63(56)68)70(49-22-8-3-9-23-49)50-24-10-4-11-25-50/h2-45H,1H3. The predicted octanol–water partition coefficient (Wildman–Crippen LogP) is 17.9. The molecule has 0 radical (unpaired) electrons. The van der Waals surface area contributed by atoms with Crippen molar-refractivity contribution in [1.82, 2.24) is 4.57 Å². The second-order valence-corrected chi connectivity index (χ2v) is 18.9. The molecule has 1 spiro atoms. The van der Waals surface area contributed by atoms with Crippen molar-refractivity contribution < 1.29 is 0 Å². The van der Waals surface area contributed by atoms with Gasteiger partial charge >= 0.3 is 0 Å². The van der Waals surface area contributed by atoms with Gasteiger partial charge in [-0.05, 0) is 140 Å². The second kappa shape index (κ2) is 16.2. The molecule has 0 saturated heterocycles. The van der Waals surface area contributed by atoms with Crippen LogP contribution in [0, 0.1) is 0 Å². The Bertz CT molecular complexity index is 3950. The molecule has 334 valence electrons. The molecule has 0 N–H and O–H groups in total. The van der Waals surface area contributed by atoms with Crippen LogP contribution < -0.4 is 9.80 Å². The number of fused-ring (bicyclic) bond motifs is 13. The summed E-state index contributed by atoms with van der Waals surface area (Å²) >= 11 is 0. The molecule has 12 aromatic rings. The van der Waals surface area contributed by atoms with E-state index >= 15 is 0 Å². The number of hydrogen-bond donors (Lipinski definition) is 0. The van der Waals surface area contributed by atoms with E-state index in [9.17, 15) is 0 Å². The zero-order valence-corrected chi connectivity index (χ0v) is 39.2. The van der Waals surface area contributed by atoms with Gasteiger partial charge in [0.25, 0.3) is 0 Å². The third kappa shape index (κ3) is 6.23. The third-order valence-corrected chi connectivity index (χ3v) is 15.2. The Labute approximate surface area is 414 Å². The van der Waals surface area contributed by atoms with Gasteiger partial charge in [0.15, 0.2) is 0 Å². The summed E-state index contributed by atoms with van der Waals surface area (Å²) in [6.45, 7) is 0. The van der Waals surface area contributed by atoms with Crippen LogP contribution in [0.2, 0.25) is 0 Å². The largest absolute Gasteiger partial charge is 0.344 e. The minimum absolute atomic E-state index is 0.625. The highest BCUT2D eigenvalue weighted by molar-refractivity contribution is 6.10. The molecule has 0 amide bonds. The molecule has 0 bridgehead atoms. The fourth-order valence-electron chi connectivity index (χ4n) is 12.1. The van der Waals surface area contributed by atoms with E-state index in [-0.39, 0.29) is 0 Å². The molecule has 0 aliphatic heterocycles. The molecule has 14 rings (SSSR count). The second-order valence-electron chi connectivity index (χ2n) is 18.9. The lowest BCUT2D eigenvalue weighted by Crippen LogP contribution is -2.26. The van der Waals surface area contributed by atoms with Crippen molar-refractivity contribution in [3.05, 3.63) is 289 Å². The van der Waals surface area contributed by atoms with E-state index in [0.717, 1.165) is 45.3 Å². The Kier molecular flexibility index (Phi) is 9.33. The highest BCUT2D eigenvalue weighted by atomic mass is 15.2. The van der Waals surface area contributed by atoms with Crippen molar-refractivity contribution in [2.75, 3.05) is 9.80 Å². The Balaban J connectivity index is 1.07. The average molecular weight is 906 g/mol. The number of nitrogens with zero attached hydrogens (tertiary/aromatic N) is 3. The van der Waals surface area contributed by atoms with Gasteiger partial charge in [-0.1, -0.05) is 188 Å². The van der Waals surface area contributed by atoms with Gasteiger partial charge in [0, 0.05) is 57.3 Å². The molecule has 0 fully saturated rings. The normalized spacial score (nSPS) is 14.0. The van der Waals surface area contributed by atoms with Gasteiger partial charge in [-0.2, -0.15) is 0 Å². The van der Waals surface area contributed by atoms with Crippen LogP contribution >= 0.6 is 0 Å². The van der Waals surface area contributed by atoms with E-state index in [0.29, 0.717) is 0 Å². The molecule has 11 aromatic carbocycles. The van der Waals surface area contributed by atoms with Crippen molar-refractivity contribution in [1.29, 1.82) is 0 Å². The number of aryl methyl sites for hydroxylation is 1. The molecule has 0 saturated carbocycles. The maximum absolute atomic E-state index is 2.55. The fraction of sp³-hybridized carbons (Fsp3) is 0.0294. The summed E-state index contributed by atoms with van der Waals surface area (Å²) in [5, 5.41) is 2.50. The van der Waals surface area contributed by atoms with Crippen LogP contribution in [-0.2, 0) is 12.5 Å². The first-order chi connectivity index (χ1) is 35.1. The summed E-state index contributed by atoms with van der Waals surface area (Å²) in [6, 6.07) is 98.6. The van der Waals surface area contributed by atoms with Gasteiger partial charge in [-0.3, -0.25) is 0 Å². The zero-order chi connectivity index (χ0) is 47.0. The van der Waals surface area contributed by atoms with Crippen LogP contribution in [0.25, 0.3) is 66.3 Å². The lowest BCUT2D eigenvalue weighted by atomic mass is 9.70. The van der Waals surface area contributed by atoms with Crippen LogP contribution in [-0.4, -0.2) is 4.57 Å². The monoisotopic (exact) mass is 905 g/mol. The smallest absolute Gasteiger partial charge is 0.0727 e. The number of aromatic nitrogens is 1. The van der Waals surface area contributed by atoms with Gasteiger partial charge in [-0.25, -0.2) is 0 Å². The van der Waals surface area contributed by atoms with Crippen molar-refractivity contribution in [2.24, 2.45) is 7.05 Å². The van der Waals surface area contributed by atoms with Gasteiger partial charge in [0.05, 0.1) is 16.6 Å². The van der Waals surface area contributed by atoms with E-state index < -0.39 is 5.41 Å². The maximum Gasteiger partial charge on any atom is 0.0727 e. The highest BCUT2D eigenvalue weighted by Gasteiger charge is 2.52. The number of para-hydroxylation sites is 4. The summed E-state index contributed by atoms with van der Waals surface area (Å²) in [4.78, 5) is 4.89. The van der Waals surface area contributed by atoms with Crippen LogP contribution in [0.4, 0.5) is 34.1 Å². The quantitative estimate of drug-likeness (QED) is 0.151. The molecule has 3 nitrogen and oxygen atoms in total. The third-order valence-electron chi connectivity index (χ3n) is 15.2. The maximum atomic E-state index is 2.55. The minimum Gasteiger partial charge on any atom is -0.344 e. The van der Waals surface area contributed by atoms with Gasteiger partial charge < -0.3 is 14.4 Å². The first kappa shape index (κ1) is 40.8. The molecular formula is C68H47N3.